The summed E-state index contributed by atoms with van der Waals surface area (Å²) >= 11 is 0. The zero-order valence-corrected chi connectivity index (χ0v) is 10.6. The first kappa shape index (κ1) is 13.4. The van der Waals surface area contributed by atoms with Gasteiger partial charge in [0.25, 0.3) is 0 Å². The SMILES string of the molecule is C[C@@H]1CNC[C@H](C)N1Cc1cccnn1.Cl. The van der Waals surface area contributed by atoms with Gasteiger partial charge in [-0.1, -0.05) is 0 Å². The van der Waals surface area contributed by atoms with Crippen molar-refractivity contribution < 1.29 is 0 Å². The maximum Gasteiger partial charge on any atom is 0.0771 e. The first-order chi connectivity index (χ1) is 7.27. The molecule has 4 nitrogen and oxygen atoms in total. The van der Waals surface area contributed by atoms with Gasteiger partial charge in [0, 0.05) is 37.9 Å². The molecule has 0 bridgehead atoms. The number of aromatic nitrogens is 2. The molecule has 5 heteroatoms. The number of piperazine rings is 1. The molecule has 0 unspecified atom stereocenters. The lowest BCUT2D eigenvalue weighted by molar-refractivity contribution is 0.107. The monoisotopic (exact) mass is 242 g/mol. The van der Waals surface area contributed by atoms with Crippen LogP contribution in [0.5, 0.6) is 0 Å². The molecule has 1 fully saturated rings. The number of hydrogen-bond donors (Lipinski definition) is 1. The Morgan fingerprint density at radius 3 is 2.62 bits per heavy atom. The van der Waals surface area contributed by atoms with Crippen molar-refractivity contribution in [3.63, 3.8) is 0 Å². The summed E-state index contributed by atoms with van der Waals surface area (Å²) in [5, 5.41) is 11.5. The van der Waals surface area contributed by atoms with Gasteiger partial charge in [-0.3, -0.25) is 4.90 Å². The van der Waals surface area contributed by atoms with E-state index in [2.05, 4.69) is 34.3 Å². The Morgan fingerprint density at radius 1 is 1.38 bits per heavy atom. The third kappa shape index (κ3) is 3.14. The van der Waals surface area contributed by atoms with Crippen LogP contribution in [0.25, 0.3) is 0 Å². The molecule has 2 rings (SSSR count). The van der Waals surface area contributed by atoms with E-state index in [-0.39, 0.29) is 12.4 Å². The van der Waals surface area contributed by atoms with Crippen molar-refractivity contribution in [3.05, 3.63) is 24.0 Å². The van der Waals surface area contributed by atoms with Crippen LogP contribution in [0.2, 0.25) is 0 Å². The smallest absolute Gasteiger partial charge is 0.0771 e. The molecule has 1 saturated heterocycles. The lowest BCUT2D eigenvalue weighted by Gasteiger charge is -2.39. The van der Waals surface area contributed by atoms with Crippen LogP contribution in [-0.2, 0) is 6.54 Å². The molecule has 1 aliphatic heterocycles. The van der Waals surface area contributed by atoms with Crippen LogP contribution in [0.3, 0.4) is 0 Å². The number of rotatable bonds is 2. The van der Waals surface area contributed by atoms with Crippen molar-refractivity contribution in [1.29, 1.82) is 0 Å². The van der Waals surface area contributed by atoms with Crippen molar-refractivity contribution in [2.75, 3.05) is 13.1 Å². The van der Waals surface area contributed by atoms with Gasteiger partial charge < -0.3 is 5.32 Å². The fourth-order valence-corrected chi connectivity index (χ4v) is 2.09. The second-order valence-corrected chi connectivity index (χ2v) is 4.24. The molecule has 0 saturated carbocycles. The number of nitrogens with one attached hydrogen (secondary N) is 1. The highest BCUT2D eigenvalue weighted by Crippen LogP contribution is 2.12. The number of hydrogen-bond acceptors (Lipinski definition) is 4. The van der Waals surface area contributed by atoms with Crippen molar-refractivity contribution >= 4 is 12.4 Å². The minimum Gasteiger partial charge on any atom is -0.314 e. The summed E-state index contributed by atoms with van der Waals surface area (Å²) in [5.74, 6) is 0. The highest BCUT2D eigenvalue weighted by atomic mass is 35.5. The molecule has 16 heavy (non-hydrogen) atoms. The Balaban J connectivity index is 0.00000128. The first-order valence-corrected chi connectivity index (χ1v) is 5.50. The molecule has 2 heterocycles. The van der Waals surface area contributed by atoms with Crippen LogP contribution in [0.15, 0.2) is 18.3 Å². The van der Waals surface area contributed by atoms with E-state index >= 15 is 0 Å². The van der Waals surface area contributed by atoms with E-state index in [9.17, 15) is 0 Å². The van der Waals surface area contributed by atoms with E-state index in [1.54, 1.807) is 6.20 Å². The average molecular weight is 243 g/mol. The highest BCUT2D eigenvalue weighted by Gasteiger charge is 2.24. The lowest BCUT2D eigenvalue weighted by atomic mass is 10.1. The molecule has 1 aliphatic rings. The van der Waals surface area contributed by atoms with E-state index in [1.165, 1.54) is 0 Å². The lowest BCUT2D eigenvalue weighted by Crippen LogP contribution is -2.54. The van der Waals surface area contributed by atoms with Crippen LogP contribution in [0.1, 0.15) is 19.5 Å². The zero-order chi connectivity index (χ0) is 10.7. The standard InChI is InChI=1S/C11H18N4.ClH/c1-9-6-12-7-10(2)15(9)8-11-4-3-5-13-14-11;/h3-5,9-10,12H,6-8H2,1-2H3;1H/t9-,10+;. The molecular weight excluding hydrogens is 224 g/mol. The molecule has 90 valence electrons. The minimum atomic E-state index is 0. The summed E-state index contributed by atoms with van der Waals surface area (Å²) in [7, 11) is 0. The Bertz CT molecular complexity index is 296. The van der Waals surface area contributed by atoms with Crippen molar-refractivity contribution in [2.45, 2.75) is 32.5 Å². The van der Waals surface area contributed by atoms with E-state index in [4.69, 9.17) is 0 Å². The van der Waals surface area contributed by atoms with Crippen LogP contribution in [0.4, 0.5) is 0 Å². The molecule has 1 aromatic rings. The van der Waals surface area contributed by atoms with E-state index in [0.29, 0.717) is 12.1 Å². The summed E-state index contributed by atoms with van der Waals surface area (Å²) in [4.78, 5) is 2.47. The van der Waals surface area contributed by atoms with Gasteiger partial charge in [0.2, 0.25) is 0 Å². The second kappa shape index (κ2) is 6.13. The van der Waals surface area contributed by atoms with Gasteiger partial charge in [-0.15, -0.1) is 12.4 Å². The molecule has 0 radical (unpaired) electrons. The second-order valence-electron chi connectivity index (χ2n) is 4.24. The van der Waals surface area contributed by atoms with E-state index < -0.39 is 0 Å². The topological polar surface area (TPSA) is 41.0 Å². The molecule has 0 aliphatic carbocycles. The minimum absolute atomic E-state index is 0. The summed E-state index contributed by atoms with van der Waals surface area (Å²) in [5.41, 5.74) is 1.05. The van der Waals surface area contributed by atoms with Crippen LogP contribution >= 0.6 is 12.4 Å². The third-order valence-electron chi connectivity index (χ3n) is 2.98. The van der Waals surface area contributed by atoms with Crippen LogP contribution in [-0.4, -0.2) is 40.3 Å². The van der Waals surface area contributed by atoms with Gasteiger partial charge in [-0.05, 0) is 26.0 Å². The predicted molar refractivity (Wildman–Crippen MR) is 66.6 cm³/mol. The Morgan fingerprint density at radius 2 is 2.06 bits per heavy atom. The van der Waals surface area contributed by atoms with Gasteiger partial charge >= 0.3 is 0 Å². The first-order valence-electron chi connectivity index (χ1n) is 5.50. The fourth-order valence-electron chi connectivity index (χ4n) is 2.09. The summed E-state index contributed by atoms with van der Waals surface area (Å²) < 4.78 is 0. The molecule has 0 amide bonds. The number of halogens is 1. The van der Waals surface area contributed by atoms with E-state index in [0.717, 1.165) is 25.3 Å². The van der Waals surface area contributed by atoms with Gasteiger partial charge in [0.05, 0.1) is 5.69 Å². The van der Waals surface area contributed by atoms with Gasteiger partial charge in [-0.2, -0.15) is 10.2 Å². The van der Waals surface area contributed by atoms with Gasteiger partial charge in [-0.25, -0.2) is 0 Å². The van der Waals surface area contributed by atoms with Gasteiger partial charge in [0.1, 0.15) is 0 Å². The summed E-state index contributed by atoms with van der Waals surface area (Å²) in [6, 6.07) is 5.11. The van der Waals surface area contributed by atoms with E-state index in [1.807, 2.05) is 12.1 Å². The predicted octanol–water partition coefficient (Wildman–Crippen LogP) is 1.08. The van der Waals surface area contributed by atoms with Crippen molar-refractivity contribution in [2.24, 2.45) is 0 Å². The number of nitrogens with zero attached hydrogens (tertiary/aromatic N) is 3. The fraction of sp³-hybridized carbons (Fsp3) is 0.636. The third-order valence-corrected chi connectivity index (χ3v) is 2.98. The quantitative estimate of drug-likeness (QED) is 0.843. The largest absolute Gasteiger partial charge is 0.314 e. The molecular formula is C11H19ClN4. The highest BCUT2D eigenvalue weighted by molar-refractivity contribution is 5.85. The van der Waals surface area contributed by atoms with Crippen molar-refractivity contribution in [3.8, 4) is 0 Å². The van der Waals surface area contributed by atoms with Crippen LogP contribution in [0, 0.1) is 0 Å². The molecule has 1 aromatic heterocycles. The molecule has 2 atom stereocenters. The Labute approximate surface area is 103 Å². The van der Waals surface area contributed by atoms with Crippen molar-refractivity contribution in [1.82, 2.24) is 20.4 Å². The summed E-state index contributed by atoms with van der Waals surface area (Å²) in [6.07, 6.45) is 1.72. The maximum absolute atomic E-state index is 4.13. The Kier molecular flexibility index (Phi) is 5.12. The molecule has 0 spiro atoms. The average Bonchev–Trinajstić information content (AvgIpc) is 2.25. The van der Waals surface area contributed by atoms with Crippen LogP contribution < -0.4 is 5.32 Å². The van der Waals surface area contributed by atoms with Gasteiger partial charge in [0.15, 0.2) is 0 Å². The summed E-state index contributed by atoms with van der Waals surface area (Å²) in [6.45, 7) is 7.52. The Hall–Kier alpha value is -0.710. The maximum atomic E-state index is 4.13. The molecule has 0 aromatic carbocycles. The molecule has 1 N–H and O–H groups in total. The zero-order valence-electron chi connectivity index (χ0n) is 9.76. The normalized spacial score (nSPS) is 26.1.